The Bertz CT molecular complexity index is 405. The van der Waals surface area contributed by atoms with Crippen molar-refractivity contribution in [2.45, 2.75) is 33.3 Å². The number of benzene rings is 1. The Morgan fingerprint density at radius 3 is 2.58 bits per heavy atom. The van der Waals surface area contributed by atoms with Gasteiger partial charge in [-0.15, -0.1) is 0 Å². The van der Waals surface area contributed by atoms with Crippen molar-refractivity contribution in [1.82, 2.24) is 0 Å². The van der Waals surface area contributed by atoms with Gasteiger partial charge in [-0.05, 0) is 36.0 Å². The molecule has 1 aromatic rings. The van der Waals surface area contributed by atoms with Crippen molar-refractivity contribution in [2.24, 2.45) is 5.92 Å². The molecular weight excluding hydrogens is 240 g/mol. The zero-order valence-corrected chi connectivity index (χ0v) is 11.6. The summed E-state index contributed by atoms with van der Waals surface area (Å²) in [6, 6.07) is 7.71. The molecular formula is C16H22O3. The van der Waals surface area contributed by atoms with Crippen LogP contribution in [0.25, 0.3) is 6.08 Å². The van der Waals surface area contributed by atoms with E-state index in [-0.39, 0.29) is 0 Å². The Labute approximate surface area is 114 Å². The van der Waals surface area contributed by atoms with Crippen LogP contribution in [-0.2, 0) is 16.1 Å². The van der Waals surface area contributed by atoms with Crippen molar-refractivity contribution in [3.05, 3.63) is 41.5 Å². The van der Waals surface area contributed by atoms with Gasteiger partial charge in [0.15, 0.2) is 0 Å². The summed E-state index contributed by atoms with van der Waals surface area (Å²) in [7, 11) is 0. The first-order valence-electron chi connectivity index (χ1n) is 6.65. The Morgan fingerprint density at radius 1 is 1.32 bits per heavy atom. The normalized spacial score (nSPS) is 11.3. The Hall–Kier alpha value is -1.61. The fraction of sp³-hybridized carbons (Fsp3) is 0.438. The van der Waals surface area contributed by atoms with Gasteiger partial charge in [0.1, 0.15) is 0 Å². The van der Waals surface area contributed by atoms with E-state index in [0.717, 1.165) is 36.1 Å². The highest BCUT2D eigenvalue weighted by atomic mass is 16.5. The molecule has 3 heteroatoms. The quantitative estimate of drug-likeness (QED) is 0.573. The molecule has 104 valence electrons. The highest BCUT2D eigenvalue weighted by Gasteiger charge is 1.96. The molecule has 0 radical (unpaired) electrons. The number of carboxylic acid groups (broad SMARTS) is 1. The lowest BCUT2D eigenvalue weighted by Crippen LogP contribution is -1.97. The molecule has 0 fully saturated rings. The number of ether oxygens (including phenoxy) is 1. The Morgan fingerprint density at radius 2 is 2.00 bits per heavy atom. The first-order valence-corrected chi connectivity index (χ1v) is 6.65. The van der Waals surface area contributed by atoms with Crippen molar-refractivity contribution in [1.29, 1.82) is 0 Å². The van der Waals surface area contributed by atoms with Crippen LogP contribution in [0.15, 0.2) is 30.3 Å². The van der Waals surface area contributed by atoms with Gasteiger partial charge in [-0.3, -0.25) is 0 Å². The highest BCUT2D eigenvalue weighted by molar-refractivity contribution is 5.85. The highest BCUT2D eigenvalue weighted by Crippen LogP contribution is 2.09. The van der Waals surface area contributed by atoms with Gasteiger partial charge in [0.25, 0.3) is 0 Å². The van der Waals surface area contributed by atoms with E-state index in [1.54, 1.807) is 6.08 Å². The van der Waals surface area contributed by atoms with E-state index >= 15 is 0 Å². The van der Waals surface area contributed by atoms with Crippen LogP contribution in [0.5, 0.6) is 0 Å². The van der Waals surface area contributed by atoms with Gasteiger partial charge in [0, 0.05) is 12.7 Å². The van der Waals surface area contributed by atoms with Crippen LogP contribution in [0.2, 0.25) is 0 Å². The third kappa shape index (κ3) is 7.42. The zero-order valence-electron chi connectivity index (χ0n) is 11.6. The number of carbonyl (C=O) groups is 1. The second-order valence-corrected chi connectivity index (χ2v) is 5.00. The summed E-state index contributed by atoms with van der Waals surface area (Å²) in [5, 5.41) is 8.53. The third-order valence-electron chi connectivity index (χ3n) is 2.74. The van der Waals surface area contributed by atoms with E-state index < -0.39 is 5.97 Å². The first kappa shape index (κ1) is 15.4. The lowest BCUT2D eigenvalue weighted by Gasteiger charge is -2.06. The Kier molecular flexibility index (Phi) is 6.90. The molecule has 19 heavy (non-hydrogen) atoms. The molecule has 0 aliphatic rings. The molecule has 0 spiro atoms. The SMILES string of the molecule is CC(C)CCCOCc1ccc(/C=C/C(=O)O)cc1. The summed E-state index contributed by atoms with van der Waals surface area (Å²) in [6.07, 6.45) is 5.00. The minimum absolute atomic E-state index is 0.612. The predicted molar refractivity (Wildman–Crippen MR) is 76.8 cm³/mol. The lowest BCUT2D eigenvalue weighted by molar-refractivity contribution is -0.131. The minimum atomic E-state index is -0.933. The first-order chi connectivity index (χ1) is 9.08. The van der Waals surface area contributed by atoms with Crippen LogP contribution in [0.1, 0.15) is 37.8 Å². The maximum Gasteiger partial charge on any atom is 0.328 e. The number of rotatable bonds is 8. The van der Waals surface area contributed by atoms with E-state index in [4.69, 9.17) is 9.84 Å². The van der Waals surface area contributed by atoms with Crippen LogP contribution >= 0.6 is 0 Å². The molecule has 3 nitrogen and oxygen atoms in total. The summed E-state index contributed by atoms with van der Waals surface area (Å²) in [4.78, 5) is 10.4. The molecule has 0 aliphatic heterocycles. The second kappa shape index (κ2) is 8.48. The fourth-order valence-electron chi connectivity index (χ4n) is 1.68. The molecule has 0 heterocycles. The lowest BCUT2D eigenvalue weighted by atomic mass is 10.1. The topological polar surface area (TPSA) is 46.5 Å². The molecule has 1 N–H and O–H groups in total. The summed E-state index contributed by atoms with van der Waals surface area (Å²) < 4.78 is 5.60. The van der Waals surface area contributed by atoms with Crippen molar-refractivity contribution < 1.29 is 14.6 Å². The maximum atomic E-state index is 10.4. The van der Waals surface area contributed by atoms with Gasteiger partial charge in [-0.1, -0.05) is 38.1 Å². The van der Waals surface area contributed by atoms with Gasteiger partial charge >= 0.3 is 5.97 Å². The van der Waals surface area contributed by atoms with Gasteiger partial charge in [0.2, 0.25) is 0 Å². The molecule has 0 amide bonds. The molecule has 0 aromatic heterocycles. The van der Waals surface area contributed by atoms with E-state index in [1.165, 1.54) is 6.42 Å². The summed E-state index contributed by atoms with van der Waals surface area (Å²) >= 11 is 0. The molecule has 0 atom stereocenters. The summed E-state index contributed by atoms with van der Waals surface area (Å²) in [5.41, 5.74) is 1.99. The van der Waals surface area contributed by atoms with Crippen LogP contribution < -0.4 is 0 Å². The minimum Gasteiger partial charge on any atom is -0.478 e. The van der Waals surface area contributed by atoms with Crippen molar-refractivity contribution in [3.8, 4) is 0 Å². The van der Waals surface area contributed by atoms with Gasteiger partial charge in [0.05, 0.1) is 6.61 Å². The molecule has 1 rings (SSSR count). The molecule has 0 bridgehead atoms. The van der Waals surface area contributed by atoms with E-state index in [0.29, 0.717) is 6.61 Å². The van der Waals surface area contributed by atoms with Crippen LogP contribution in [0, 0.1) is 5.92 Å². The predicted octanol–water partition coefficient (Wildman–Crippen LogP) is 3.74. The number of hydrogen-bond acceptors (Lipinski definition) is 2. The largest absolute Gasteiger partial charge is 0.478 e. The molecule has 0 unspecified atom stereocenters. The Balaban J connectivity index is 2.30. The van der Waals surface area contributed by atoms with E-state index in [1.807, 2.05) is 24.3 Å². The third-order valence-corrected chi connectivity index (χ3v) is 2.74. The van der Waals surface area contributed by atoms with Crippen molar-refractivity contribution in [3.63, 3.8) is 0 Å². The maximum absolute atomic E-state index is 10.4. The van der Waals surface area contributed by atoms with Crippen LogP contribution in [0.3, 0.4) is 0 Å². The number of aliphatic carboxylic acids is 1. The number of hydrogen-bond donors (Lipinski definition) is 1. The molecule has 0 aliphatic carbocycles. The van der Waals surface area contributed by atoms with Gasteiger partial charge in [-0.25, -0.2) is 4.79 Å². The summed E-state index contributed by atoms with van der Waals surface area (Å²) in [6.45, 7) is 5.83. The smallest absolute Gasteiger partial charge is 0.328 e. The average molecular weight is 262 g/mol. The standard InChI is InChI=1S/C16H22O3/c1-13(2)4-3-11-19-12-15-7-5-14(6-8-15)9-10-16(17)18/h5-10,13H,3-4,11-12H2,1-2H3,(H,17,18)/b10-9+. The monoisotopic (exact) mass is 262 g/mol. The molecule has 1 aromatic carbocycles. The van der Waals surface area contributed by atoms with Crippen LogP contribution in [-0.4, -0.2) is 17.7 Å². The average Bonchev–Trinajstić information content (AvgIpc) is 2.37. The van der Waals surface area contributed by atoms with E-state index in [2.05, 4.69) is 13.8 Å². The van der Waals surface area contributed by atoms with Gasteiger partial charge < -0.3 is 9.84 Å². The van der Waals surface area contributed by atoms with Gasteiger partial charge in [-0.2, -0.15) is 0 Å². The number of carboxylic acids is 1. The second-order valence-electron chi connectivity index (χ2n) is 5.00. The van der Waals surface area contributed by atoms with Crippen molar-refractivity contribution >= 4 is 12.0 Å². The fourth-order valence-corrected chi connectivity index (χ4v) is 1.68. The summed E-state index contributed by atoms with van der Waals surface area (Å²) in [5.74, 6) is -0.207. The zero-order chi connectivity index (χ0) is 14.1. The van der Waals surface area contributed by atoms with Crippen LogP contribution in [0.4, 0.5) is 0 Å². The molecule has 0 saturated heterocycles. The van der Waals surface area contributed by atoms with E-state index in [9.17, 15) is 4.79 Å². The molecule has 0 saturated carbocycles. The van der Waals surface area contributed by atoms with Crippen molar-refractivity contribution in [2.75, 3.05) is 6.61 Å².